The molecule has 1 nitrogen and oxygen atoms in total. The first-order valence-electron chi connectivity index (χ1n) is 5.40. The van der Waals surface area contributed by atoms with Crippen molar-refractivity contribution in [2.75, 3.05) is 0 Å². The molecule has 0 aromatic heterocycles. The van der Waals surface area contributed by atoms with E-state index in [9.17, 15) is 5.11 Å². The van der Waals surface area contributed by atoms with Gasteiger partial charge in [-0.3, -0.25) is 0 Å². The molecule has 0 saturated heterocycles. The van der Waals surface area contributed by atoms with Crippen LogP contribution in [0.15, 0.2) is 24.3 Å². The fourth-order valence-electron chi connectivity index (χ4n) is 2.46. The molecule has 1 fully saturated rings. The Kier molecular flexibility index (Phi) is 2.36. The minimum atomic E-state index is -0.550. The van der Waals surface area contributed by atoms with Crippen LogP contribution in [0.1, 0.15) is 37.3 Å². The van der Waals surface area contributed by atoms with Crippen LogP contribution in [0.3, 0.4) is 0 Å². The van der Waals surface area contributed by atoms with E-state index in [1.165, 1.54) is 5.56 Å². The third-order valence-electron chi connectivity index (χ3n) is 3.29. The molecule has 1 N–H and O–H groups in total. The highest BCUT2D eigenvalue weighted by Crippen LogP contribution is 2.41. The first-order chi connectivity index (χ1) is 6.60. The van der Waals surface area contributed by atoms with Crippen LogP contribution in [0.25, 0.3) is 0 Å². The highest BCUT2D eigenvalue weighted by Gasteiger charge is 2.36. The van der Waals surface area contributed by atoms with E-state index in [1.54, 1.807) is 0 Å². The number of rotatable bonds is 1. The van der Waals surface area contributed by atoms with Gasteiger partial charge in [0.15, 0.2) is 0 Å². The summed E-state index contributed by atoms with van der Waals surface area (Å²) >= 11 is 0. The van der Waals surface area contributed by atoms with Gasteiger partial charge in [0.1, 0.15) is 0 Å². The lowest BCUT2D eigenvalue weighted by molar-refractivity contribution is 0.0407. The minimum absolute atomic E-state index is 0.550. The molecule has 1 heteroatoms. The molecule has 2 rings (SSSR count). The lowest BCUT2D eigenvalue weighted by Gasteiger charge is -2.23. The van der Waals surface area contributed by atoms with Crippen molar-refractivity contribution in [3.8, 4) is 0 Å². The predicted molar refractivity (Wildman–Crippen MR) is 58.1 cm³/mol. The Morgan fingerprint density at radius 1 is 1.43 bits per heavy atom. The molecule has 1 aliphatic rings. The Bertz CT molecular complexity index is 332. The molecule has 0 heterocycles. The van der Waals surface area contributed by atoms with Crippen molar-refractivity contribution < 1.29 is 5.11 Å². The second kappa shape index (κ2) is 3.39. The lowest BCUT2D eigenvalue weighted by Crippen LogP contribution is -2.21. The van der Waals surface area contributed by atoms with Crippen molar-refractivity contribution in [1.82, 2.24) is 0 Å². The van der Waals surface area contributed by atoms with E-state index < -0.39 is 5.60 Å². The maximum atomic E-state index is 10.5. The Morgan fingerprint density at radius 2 is 2.21 bits per heavy atom. The molecular weight excluding hydrogens is 172 g/mol. The average molecular weight is 190 g/mol. The van der Waals surface area contributed by atoms with Gasteiger partial charge in [0.2, 0.25) is 0 Å². The highest BCUT2D eigenvalue weighted by atomic mass is 16.3. The van der Waals surface area contributed by atoms with Gasteiger partial charge in [0.25, 0.3) is 0 Å². The van der Waals surface area contributed by atoms with Gasteiger partial charge < -0.3 is 5.11 Å². The molecule has 1 aromatic rings. The van der Waals surface area contributed by atoms with Crippen LogP contribution in [-0.2, 0) is 5.60 Å². The third kappa shape index (κ3) is 1.69. The standard InChI is InChI=1S/C13H18O/c1-10-4-3-5-12(8-10)13(14)7-6-11(2)9-13/h3-5,8,11,14H,6-7,9H2,1-2H3/t11-,13+/m1/s1. The summed E-state index contributed by atoms with van der Waals surface area (Å²) in [7, 11) is 0. The van der Waals surface area contributed by atoms with Gasteiger partial charge in [-0.25, -0.2) is 0 Å². The molecule has 0 radical (unpaired) electrons. The number of hydrogen-bond acceptors (Lipinski definition) is 1. The quantitative estimate of drug-likeness (QED) is 0.721. The van der Waals surface area contributed by atoms with Gasteiger partial charge in [-0.2, -0.15) is 0 Å². The van der Waals surface area contributed by atoms with Gasteiger partial charge >= 0.3 is 0 Å². The molecular formula is C13H18O. The second-order valence-corrected chi connectivity index (χ2v) is 4.75. The Hall–Kier alpha value is -0.820. The van der Waals surface area contributed by atoms with Gasteiger partial charge in [-0.1, -0.05) is 36.8 Å². The van der Waals surface area contributed by atoms with Crippen molar-refractivity contribution in [1.29, 1.82) is 0 Å². The normalized spacial score (nSPS) is 32.1. The molecule has 2 atom stereocenters. The molecule has 0 bridgehead atoms. The first kappa shape index (κ1) is 9.72. The number of aliphatic hydroxyl groups is 1. The van der Waals surface area contributed by atoms with Crippen LogP contribution in [0.5, 0.6) is 0 Å². The molecule has 0 aliphatic heterocycles. The molecule has 0 amide bonds. The van der Waals surface area contributed by atoms with Crippen molar-refractivity contribution >= 4 is 0 Å². The summed E-state index contributed by atoms with van der Waals surface area (Å²) in [5, 5.41) is 10.5. The molecule has 0 unspecified atom stereocenters. The average Bonchev–Trinajstić information content (AvgIpc) is 2.48. The Labute approximate surface area is 85.8 Å². The van der Waals surface area contributed by atoms with E-state index in [2.05, 4.69) is 26.0 Å². The van der Waals surface area contributed by atoms with Crippen LogP contribution < -0.4 is 0 Å². The first-order valence-corrected chi connectivity index (χ1v) is 5.40. The van der Waals surface area contributed by atoms with Crippen molar-refractivity contribution in [2.24, 2.45) is 5.92 Å². The van der Waals surface area contributed by atoms with Gasteiger partial charge in [0.05, 0.1) is 5.60 Å². The topological polar surface area (TPSA) is 20.2 Å². The zero-order valence-corrected chi connectivity index (χ0v) is 8.96. The smallest absolute Gasteiger partial charge is 0.0899 e. The fraction of sp³-hybridized carbons (Fsp3) is 0.538. The van der Waals surface area contributed by atoms with E-state index in [4.69, 9.17) is 0 Å². The molecule has 1 aliphatic carbocycles. The maximum Gasteiger partial charge on any atom is 0.0899 e. The molecule has 1 aromatic carbocycles. The largest absolute Gasteiger partial charge is 0.385 e. The van der Waals surface area contributed by atoms with E-state index in [0.717, 1.165) is 24.8 Å². The van der Waals surface area contributed by atoms with Gasteiger partial charge in [-0.05, 0) is 37.7 Å². The summed E-state index contributed by atoms with van der Waals surface area (Å²) in [5.74, 6) is 0.653. The SMILES string of the molecule is Cc1cccc([C@]2(O)CC[C@@H](C)C2)c1. The molecule has 76 valence electrons. The van der Waals surface area contributed by atoms with Crippen molar-refractivity contribution in [3.05, 3.63) is 35.4 Å². The van der Waals surface area contributed by atoms with E-state index >= 15 is 0 Å². The molecule has 14 heavy (non-hydrogen) atoms. The van der Waals surface area contributed by atoms with Crippen molar-refractivity contribution in [3.63, 3.8) is 0 Å². The van der Waals surface area contributed by atoms with Crippen LogP contribution in [0, 0.1) is 12.8 Å². The van der Waals surface area contributed by atoms with E-state index in [0.29, 0.717) is 5.92 Å². The van der Waals surface area contributed by atoms with Crippen LogP contribution in [0.4, 0.5) is 0 Å². The molecule has 0 spiro atoms. The van der Waals surface area contributed by atoms with Crippen LogP contribution in [0.2, 0.25) is 0 Å². The second-order valence-electron chi connectivity index (χ2n) is 4.75. The predicted octanol–water partition coefficient (Wildman–Crippen LogP) is 3.00. The zero-order chi connectivity index (χ0) is 10.2. The Balaban J connectivity index is 2.30. The summed E-state index contributed by atoms with van der Waals surface area (Å²) in [6, 6.07) is 8.26. The lowest BCUT2D eigenvalue weighted by atomic mass is 9.90. The Morgan fingerprint density at radius 3 is 2.79 bits per heavy atom. The number of hydrogen-bond donors (Lipinski definition) is 1. The summed E-state index contributed by atoms with van der Waals surface area (Å²) in [6.07, 6.45) is 2.97. The fourth-order valence-corrected chi connectivity index (χ4v) is 2.46. The minimum Gasteiger partial charge on any atom is -0.385 e. The maximum absolute atomic E-state index is 10.5. The summed E-state index contributed by atoms with van der Waals surface area (Å²) in [4.78, 5) is 0. The number of benzene rings is 1. The summed E-state index contributed by atoms with van der Waals surface area (Å²) < 4.78 is 0. The monoisotopic (exact) mass is 190 g/mol. The number of aryl methyl sites for hydroxylation is 1. The van der Waals surface area contributed by atoms with Crippen LogP contribution >= 0.6 is 0 Å². The molecule has 1 saturated carbocycles. The van der Waals surface area contributed by atoms with E-state index in [1.807, 2.05) is 12.1 Å². The zero-order valence-electron chi connectivity index (χ0n) is 8.96. The highest BCUT2D eigenvalue weighted by molar-refractivity contribution is 5.28. The summed E-state index contributed by atoms with van der Waals surface area (Å²) in [5.41, 5.74) is 1.78. The van der Waals surface area contributed by atoms with Crippen molar-refractivity contribution in [2.45, 2.75) is 38.7 Å². The third-order valence-corrected chi connectivity index (χ3v) is 3.29. The van der Waals surface area contributed by atoms with Gasteiger partial charge in [0, 0.05) is 0 Å². The van der Waals surface area contributed by atoms with Crippen LogP contribution in [-0.4, -0.2) is 5.11 Å². The summed E-state index contributed by atoms with van der Waals surface area (Å²) in [6.45, 7) is 4.29. The van der Waals surface area contributed by atoms with E-state index in [-0.39, 0.29) is 0 Å². The van der Waals surface area contributed by atoms with Gasteiger partial charge in [-0.15, -0.1) is 0 Å².